The van der Waals surface area contributed by atoms with Gasteiger partial charge in [0.15, 0.2) is 0 Å². The number of rotatable bonds is 4. The van der Waals surface area contributed by atoms with Crippen molar-refractivity contribution in [1.29, 1.82) is 0 Å². The molecule has 3 rings (SSSR count). The lowest BCUT2D eigenvalue weighted by Gasteiger charge is -2.20. The first-order valence-corrected chi connectivity index (χ1v) is 6.81. The Balaban J connectivity index is 1.69. The van der Waals surface area contributed by atoms with E-state index < -0.39 is 5.82 Å². The summed E-state index contributed by atoms with van der Waals surface area (Å²) in [6.45, 7) is 1.24. The summed E-state index contributed by atoms with van der Waals surface area (Å²) in [4.78, 5) is 0. The predicted molar refractivity (Wildman–Crippen MR) is 71.9 cm³/mol. The molecule has 0 saturated carbocycles. The third-order valence-corrected chi connectivity index (χ3v) is 3.71. The van der Waals surface area contributed by atoms with Crippen molar-refractivity contribution in [3.05, 3.63) is 52.6 Å². The van der Waals surface area contributed by atoms with Crippen LogP contribution >= 0.6 is 11.6 Å². The molecule has 1 aliphatic rings. The van der Waals surface area contributed by atoms with Gasteiger partial charge in [-0.15, -0.1) is 0 Å². The number of benzene rings is 1. The second-order valence-electron chi connectivity index (χ2n) is 4.73. The molecule has 0 unspecified atom stereocenters. The first-order chi connectivity index (χ1) is 9.74. The lowest BCUT2D eigenvalue weighted by molar-refractivity contribution is 0.0981. The number of nitrogens with one attached hydrogen (secondary N) is 1. The molecule has 1 aliphatic heterocycles. The molecule has 0 radical (unpaired) electrons. The Hall–Kier alpha value is -1.43. The lowest BCUT2D eigenvalue weighted by Crippen LogP contribution is -2.31. The van der Waals surface area contributed by atoms with Crippen LogP contribution in [0.15, 0.2) is 35.1 Å². The Labute approximate surface area is 120 Å². The van der Waals surface area contributed by atoms with Gasteiger partial charge in [-0.1, -0.05) is 22.8 Å². The Morgan fingerprint density at radius 3 is 3.05 bits per heavy atom. The maximum Gasteiger partial charge on any atom is 0.142 e. The Morgan fingerprint density at radius 2 is 2.30 bits per heavy atom. The number of aromatic nitrogens is 1. The van der Waals surface area contributed by atoms with Crippen molar-refractivity contribution < 1.29 is 13.7 Å². The largest absolute Gasteiger partial charge is 0.372 e. The molecule has 1 N–H and O–H groups in total. The van der Waals surface area contributed by atoms with Crippen LogP contribution < -0.4 is 5.32 Å². The summed E-state index contributed by atoms with van der Waals surface area (Å²) in [5.41, 5.74) is 1.62. The minimum Gasteiger partial charge on any atom is -0.372 e. The molecule has 0 aliphatic carbocycles. The predicted octanol–water partition coefficient (Wildman–Crippen LogP) is 3.09. The van der Waals surface area contributed by atoms with E-state index in [-0.39, 0.29) is 17.2 Å². The molecule has 20 heavy (non-hydrogen) atoms. The summed E-state index contributed by atoms with van der Waals surface area (Å²) in [5.74, 6) is -0.421. The van der Waals surface area contributed by atoms with Crippen molar-refractivity contribution in [1.82, 2.24) is 10.5 Å². The number of ether oxygens (including phenoxy) is 1. The summed E-state index contributed by atoms with van der Waals surface area (Å²) < 4.78 is 24.0. The van der Waals surface area contributed by atoms with Crippen molar-refractivity contribution in [2.45, 2.75) is 25.1 Å². The van der Waals surface area contributed by atoms with Crippen LogP contribution in [0.3, 0.4) is 0 Å². The number of nitrogens with zero attached hydrogens (tertiary/aromatic N) is 1. The van der Waals surface area contributed by atoms with Crippen LogP contribution in [0.1, 0.15) is 23.8 Å². The second kappa shape index (κ2) is 5.91. The molecule has 2 atom stereocenters. The van der Waals surface area contributed by atoms with Gasteiger partial charge in [0.05, 0.1) is 16.8 Å². The van der Waals surface area contributed by atoms with Crippen LogP contribution in [0.2, 0.25) is 5.02 Å². The fourth-order valence-corrected chi connectivity index (χ4v) is 2.50. The van der Waals surface area contributed by atoms with Gasteiger partial charge in [-0.3, -0.25) is 0 Å². The number of hydrogen-bond acceptors (Lipinski definition) is 4. The summed E-state index contributed by atoms with van der Waals surface area (Å²) in [5, 5.41) is 7.33. The normalized spacial score (nSPS) is 22.3. The smallest absolute Gasteiger partial charge is 0.142 e. The maximum absolute atomic E-state index is 13.5. The van der Waals surface area contributed by atoms with Crippen molar-refractivity contribution >= 4 is 11.6 Å². The molecule has 106 valence electrons. The molecule has 0 spiro atoms. The van der Waals surface area contributed by atoms with Gasteiger partial charge >= 0.3 is 0 Å². The zero-order valence-electron chi connectivity index (χ0n) is 10.7. The van der Waals surface area contributed by atoms with E-state index >= 15 is 0 Å². The van der Waals surface area contributed by atoms with E-state index in [1.54, 1.807) is 18.2 Å². The second-order valence-corrected chi connectivity index (χ2v) is 5.14. The Morgan fingerprint density at radius 1 is 1.40 bits per heavy atom. The van der Waals surface area contributed by atoms with E-state index in [1.807, 2.05) is 0 Å². The van der Waals surface area contributed by atoms with E-state index in [0.717, 1.165) is 17.7 Å². The first-order valence-electron chi connectivity index (χ1n) is 6.43. The number of hydrogen-bond donors (Lipinski definition) is 1. The highest BCUT2D eigenvalue weighted by molar-refractivity contribution is 6.30. The summed E-state index contributed by atoms with van der Waals surface area (Å²) >= 11 is 5.70. The van der Waals surface area contributed by atoms with Crippen LogP contribution in [0, 0.1) is 5.82 Å². The van der Waals surface area contributed by atoms with Crippen LogP contribution in [-0.4, -0.2) is 17.8 Å². The zero-order chi connectivity index (χ0) is 13.9. The van der Waals surface area contributed by atoms with Crippen molar-refractivity contribution in [3.8, 4) is 0 Å². The summed E-state index contributed by atoms with van der Waals surface area (Å²) in [7, 11) is 0. The van der Waals surface area contributed by atoms with Crippen LogP contribution in [-0.2, 0) is 11.3 Å². The molecule has 0 bridgehead atoms. The minimum absolute atomic E-state index is 0.118. The SMILES string of the molecule is Fc1cc([C@H]2OCC[C@@H]2NCc2ccon2)ccc1Cl. The van der Waals surface area contributed by atoms with Crippen molar-refractivity contribution in [2.75, 3.05) is 6.61 Å². The Bertz CT molecular complexity index is 577. The third kappa shape index (κ3) is 2.85. The molecule has 0 amide bonds. The van der Waals surface area contributed by atoms with E-state index in [1.165, 1.54) is 12.3 Å². The molecule has 1 aromatic carbocycles. The average molecular weight is 297 g/mol. The highest BCUT2D eigenvalue weighted by Crippen LogP contribution is 2.31. The van der Waals surface area contributed by atoms with Crippen LogP contribution in [0.4, 0.5) is 4.39 Å². The van der Waals surface area contributed by atoms with Gasteiger partial charge in [-0.25, -0.2) is 4.39 Å². The summed E-state index contributed by atoms with van der Waals surface area (Å²) in [6.07, 6.45) is 2.23. The molecule has 2 heterocycles. The van der Waals surface area contributed by atoms with Gasteiger partial charge in [0, 0.05) is 25.3 Å². The van der Waals surface area contributed by atoms with Gasteiger partial charge < -0.3 is 14.6 Å². The fourth-order valence-electron chi connectivity index (χ4n) is 2.38. The van der Waals surface area contributed by atoms with E-state index in [0.29, 0.717) is 13.2 Å². The third-order valence-electron chi connectivity index (χ3n) is 3.40. The maximum atomic E-state index is 13.5. The van der Waals surface area contributed by atoms with E-state index in [2.05, 4.69) is 10.5 Å². The Kier molecular flexibility index (Phi) is 4.00. The molecular formula is C14H14ClFN2O2. The average Bonchev–Trinajstić information content (AvgIpc) is 3.10. The lowest BCUT2D eigenvalue weighted by atomic mass is 10.0. The number of halogens is 2. The zero-order valence-corrected chi connectivity index (χ0v) is 11.4. The fraction of sp³-hybridized carbons (Fsp3) is 0.357. The molecule has 2 aromatic rings. The van der Waals surface area contributed by atoms with E-state index in [9.17, 15) is 4.39 Å². The molecule has 1 saturated heterocycles. The van der Waals surface area contributed by atoms with E-state index in [4.69, 9.17) is 20.9 Å². The van der Waals surface area contributed by atoms with Crippen LogP contribution in [0.25, 0.3) is 0 Å². The topological polar surface area (TPSA) is 47.3 Å². The molecule has 1 aromatic heterocycles. The molecular weight excluding hydrogens is 283 g/mol. The van der Waals surface area contributed by atoms with Gasteiger partial charge in [-0.2, -0.15) is 0 Å². The highest BCUT2D eigenvalue weighted by Gasteiger charge is 2.29. The van der Waals surface area contributed by atoms with Crippen molar-refractivity contribution in [2.24, 2.45) is 0 Å². The quantitative estimate of drug-likeness (QED) is 0.942. The molecule has 4 nitrogen and oxygen atoms in total. The van der Waals surface area contributed by atoms with Crippen molar-refractivity contribution in [3.63, 3.8) is 0 Å². The van der Waals surface area contributed by atoms with Gasteiger partial charge in [0.1, 0.15) is 12.1 Å². The monoisotopic (exact) mass is 296 g/mol. The highest BCUT2D eigenvalue weighted by atomic mass is 35.5. The first kappa shape index (κ1) is 13.5. The molecule has 6 heteroatoms. The molecule has 1 fully saturated rings. The van der Waals surface area contributed by atoms with Gasteiger partial charge in [0.2, 0.25) is 0 Å². The van der Waals surface area contributed by atoms with Crippen LogP contribution in [0.5, 0.6) is 0 Å². The van der Waals surface area contributed by atoms with Gasteiger partial charge in [0.25, 0.3) is 0 Å². The minimum atomic E-state index is -0.421. The standard InChI is InChI=1S/C14H14ClFN2O2/c15-11-2-1-9(7-12(11)16)14-13(4-5-19-14)17-8-10-3-6-20-18-10/h1-3,6-7,13-14,17H,4-5,8H2/t13-,14+/m0/s1. The van der Waals surface area contributed by atoms with Gasteiger partial charge in [-0.05, 0) is 24.1 Å². The summed E-state index contributed by atoms with van der Waals surface area (Å²) in [6, 6.07) is 6.71.